The van der Waals surface area contributed by atoms with E-state index in [2.05, 4.69) is 10.1 Å². The van der Waals surface area contributed by atoms with E-state index < -0.39 is 5.97 Å². The van der Waals surface area contributed by atoms with Gasteiger partial charge in [0.05, 0.1) is 33.3 Å². The number of nitrogens with one attached hydrogen (secondary N) is 1. The highest BCUT2D eigenvalue weighted by atomic mass is 16.5. The second-order valence-corrected chi connectivity index (χ2v) is 6.85. The number of nitrogens with zero attached hydrogens (tertiary/aromatic N) is 1. The summed E-state index contributed by atoms with van der Waals surface area (Å²) in [6.45, 7) is 0.240. The van der Waals surface area contributed by atoms with Gasteiger partial charge in [-0.2, -0.15) is 0 Å². The third-order valence-electron chi connectivity index (χ3n) is 4.91. The first-order valence-electron chi connectivity index (χ1n) is 9.66. The molecule has 2 amide bonds. The molecule has 0 radical (unpaired) electrons. The maximum absolute atomic E-state index is 12.7. The molecule has 0 bridgehead atoms. The summed E-state index contributed by atoms with van der Waals surface area (Å²) in [5.41, 5.74) is 2.65. The number of benzene rings is 2. The summed E-state index contributed by atoms with van der Waals surface area (Å²) in [6, 6.07) is 10.0. The van der Waals surface area contributed by atoms with Crippen molar-refractivity contribution in [3.8, 4) is 11.5 Å². The van der Waals surface area contributed by atoms with Crippen molar-refractivity contribution in [3.63, 3.8) is 0 Å². The Hall–Kier alpha value is -3.81. The monoisotopic (exact) mass is 424 g/mol. The molecule has 162 valence electrons. The number of hydrogen-bond acceptors (Lipinski definition) is 6. The molecule has 2 aromatic carbocycles. The Labute approximate surface area is 180 Å². The summed E-state index contributed by atoms with van der Waals surface area (Å²) >= 11 is 0. The minimum absolute atomic E-state index is 0.113. The first-order chi connectivity index (χ1) is 14.9. The SMILES string of the molecule is COC(=O)c1ccc(NC(=O)CCN2C=Cc3cc(OC)c(OC)cc3CC2=O)cc1. The summed E-state index contributed by atoms with van der Waals surface area (Å²) in [4.78, 5) is 38.0. The first-order valence-corrected chi connectivity index (χ1v) is 9.66. The van der Waals surface area contributed by atoms with Crippen LogP contribution in [0.1, 0.15) is 27.9 Å². The molecule has 0 atom stereocenters. The lowest BCUT2D eigenvalue weighted by Crippen LogP contribution is -2.29. The Morgan fingerprint density at radius 2 is 1.71 bits per heavy atom. The third kappa shape index (κ3) is 5.22. The number of ether oxygens (including phenoxy) is 3. The summed E-state index contributed by atoms with van der Waals surface area (Å²) in [5, 5.41) is 2.76. The van der Waals surface area contributed by atoms with Gasteiger partial charge in [-0.25, -0.2) is 4.79 Å². The van der Waals surface area contributed by atoms with E-state index in [0.29, 0.717) is 22.7 Å². The molecule has 1 heterocycles. The number of carbonyl (C=O) groups excluding carboxylic acids is 3. The number of anilines is 1. The van der Waals surface area contributed by atoms with E-state index in [1.807, 2.05) is 12.1 Å². The van der Waals surface area contributed by atoms with E-state index in [9.17, 15) is 14.4 Å². The number of rotatable bonds is 7. The maximum atomic E-state index is 12.7. The van der Waals surface area contributed by atoms with Crippen LogP contribution in [0.5, 0.6) is 11.5 Å². The van der Waals surface area contributed by atoms with Gasteiger partial charge in [0.25, 0.3) is 0 Å². The molecule has 1 aliphatic heterocycles. The molecule has 1 N–H and O–H groups in total. The average molecular weight is 424 g/mol. The number of hydrogen-bond donors (Lipinski definition) is 1. The number of methoxy groups -OCH3 is 3. The number of esters is 1. The van der Waals surface area contributed by atoms with Gasteiger partial charge < -0.3 is 24.4 Å². The molecule has 8 heteroatoms. The molecule has 1 aliphatic rings. The van der Waals surface area contributed by atoms with Gasteiger partial charge in [-0.15, -0.1) is 0 Å². The molecule has 0 aliphatic carbocycles. The van der Waals surface area contributed by atoms with E-state index in [1.165, 1.54) is 12.0 Å². The average Bonchev–Trinajstić information content (AvgIpc) is 2.94. The molecule has 8 nitrogen and oxygen atoms in total. The lowest BCUT2D eigenvalue weighted by molar-refractivity contribution is -0.128. The van der Waals surface area contributed by atoms with E-state index in [1.54, 1.807) is 50.8 Å². The molecule has 0 saturated heterocycles. The van der Waals surface area contributed by atoms with Crippen molar-refractivity contribution in [1.29, 1.82) is 0 Å². The summed E-state index contributed by atoms with van der Waals surface area (Å²) < 4.78 is 15.3. The lowest BCUT2D eigenvalue weighted by Gasteiger charge is -2.17. The second kappa shape index (κ2) is 9.80. The van der Waals surface area contributed by atoms with Crippen LogP contribution in [0.3, 0.4) is 0 Å². The van der Waals surface area contributed by atoms with Crippen LogP contribution < -0.4 is 14.8 Å². The zero-order valence-electron chi connectivity index (χ0n) is 17.6. The normalized spacial score (nSPS) is 12.6. The fourth-order valence-electron chi connectivity index (χ4n) is 3.22. The van der Waals surface area contributed by atoms with E-state index >= 15 is 0 Å². The van der Waals surface area contributed by atoms with Crippen molar-refractivity contribution in [2.45, 2.75) is 12.8 Å². The van der Waals surface area contributed by atoms with Gasteiger partial charge in [0, 0.05) is 24.9 Å². The fraction of sp³-hybridized carbons (Fsp3) is 0.261. The zero-order valence-corrected chi connectivity index (χ0v) is 17.6. The summed E-state index contributed by atoms with van der Waals surface area (Å²) in [5.74, 6) is 0.355. The van der Waals surface area contributed by atoms with Crippen LogP contribution in [0, 0.1) is 0 Å². The number of fused-ring (bicyclic) bond motifs is 1. The van der Waals surface area contributed by atoms with Gasteiger partial charge in [-0.3, -0.25) is 9.59 Å². The largest absolute Gasteiger partial charge is 0.493 e. The van der Waals surface area contributed by atoms with Crippen molar-refractivity contribution in [3.05, 3.63) is 59.3 Å². The predicted molar refractivity (Wildman–Crippen MR) is 115 cm³/mol. The molecule has 3 rings (SSSR count). The van der Waals surface area contributed by atoms with Gasteiger partial charge >= 0.3 is 5.97 Å². The van der Waals surface area contributed by atoms with Crippen molar-refractivity contribution < 1.29 is 28.6 Å². The van der Waals surface area contributed by atoms with Gasteiger partial charge in [-0.05, 0) is 53.6 Å². The van der Waals surface area contributed by atoms with Crippen LogP contribution in [0.4, 0.5) is 5.69 Å². The summed E-state index contributed by atoms with van der Waals surface area (Å²) in [6.07, 6.45) is 3.82. The predicted octanol–water partition coefficient (Wildman–Crippen LogP) is 2.87. The Bertz CT molecular complexity index is 1010. The van der Waals surface area contributed by atoms with Crippen LogP contribution in [0.25, 0.3) is 6.08 Å². The first kappa shape index (κ1) is 21.9. The van der Waals surface area contributed by atoms with Crippen LogP contribution in [0.15, 0.2) is 42.6 Å². The van der Waals surface area contributed by atoms with Gasteiger partial charge in [0.2, 0.25) is 11.8 Å². The molecular formula is C23H24N2O6. The highest BCUT2D eigenvalue weighted by Crippen LogP contribution is 2.32. The zero-order chi connectivity index (χ0) is 22.4. The minimum Gasteiger partial charge on any atom is -0.493 e. The Morgan fingerprint density at radius 3 is 2.35 bits per heavy atom. The van der Waals surface area contributed by atoms with Crippen LogP contribution in [-0.4, -0.2) is 50.6 Å². The minimum atomic E-state index is -0.444. The molecule has 2 aromatic rings. The number of amides is 2. The Kier molecular flexibility index (Phi) is 6.92. The van der Waals surface area contributed by atoms with Crippen molar-refractivity contribution in [2.24, 2.45) is 0 Å². The Morgan fingerprint density at radius 1 is 1.03 bits per heavy atom. The molecule has 0 saturated carbocycles. The van der Waals surface area contributed by atoms with Gasteiger partial charge in [0.15, 0.2) is 11.5 Å². The fourth-order valence-corrected chi connectivity index (χ4v) is 3.22. The topological polar surface area (TPSA) is 94.2 Å². The molecule has 0 unspecified atom stereocenters. The van der Waals surface area contributed by atoms with Crippen LogP contribution in [-0.2, 0) is 20.7 Å². The van der Waals surface area contributed by atoms with Crippen LogP contribution in [0.2, 0.25) is 0 Å². The standard InChI is InChI=1S/C23H24N2O6/c1-29-19-12-16-8-10-25(22(27)14-17(16)13-20(19)30-2)11-9-21(26)24-18-6-4-15(5-7-18)23(28)31-3/h4-8,10,12-13H,9,11,14H2,1-3H3,(H,24,26). The third-order valence-corrected chi connectivity index (χ3v) is 4.91. The van der Waals surface area contributed by atoms with Gasteiger partial charge in [-0.1, -0.05) is 0 Å². The van der Waals surface area contributed by atoms with E-state index in [-0.39, 0.29) is 31.2 Å². The Balaban J connectivity index is 1.61. The van der Waals surface area contributed by atoms with Crippen molar-refractivity contribution in [1.82, 2.24) is 4.90 Å². The summed E-state index contributed by atoms with van der Waals surface area (Å²) in [7, 11) is 4.42. The maximum Gasteiger partial charge on any atom is 0.337 e. The molecular weight excluding hydrogens is 400 g/mol. The van der Waals surface area contributed by atoms with Crippen molar-refractivity contribution >= 4 is 29.5 Å². The molecule has 0 aromatic heterocycles. The van der Waals surface area contributed by atoms with Gasteiger partial charge in [0.1, 0.15) is 0 Å². The van der Waals surface area contributed by atoms with Crippen LogP contribution >= 0.6 is 0 Å². The number of carbonyl (C=O) groups is 3. The highest BCUT2D eigenvalue weighted by Gasteiger charge is 2.20. The quantitative estimate of drug-likeness (QED) is 0.687. The lowest BCUT2D eigenvalue weighted by atomic mass is 10.0. The second-order valence-electron chi connectivity index (χ2n) is 6.85. The van der Waals surface area contributed by atoms with E-state index in [4.69, 9.17) is 9.47 Å². The smallest absolute Gasteiger partial charge is 0.337 e. The molecule has 0 fully saturated rings. The van der Waals surface area contributed by atoms with Crippen molar-refractivity contribution in [2.75, 3.05) is 33.2 Å². The van der Waals surface area contributed by atoms with E-state index in [0.717, 1.165) is 11.1 Å². The molecule has 31 heavy (non-hydrogen) atoms. The highest BCUT2D eigenvalue weighted by molar-refractivity contribution is 5.93. The molecule has 0 spiro atoms.